The molecule has 0 saturated carbocycles. The molecule has 0 spiro atoms. The maximum Gasteiger partial charge on any atom is 0.254 e. The number of likely N-dealkylation sites (tertiary alicyclic amines) is 1. The van der Waals surface area contributed by atoms with E-state index in [0.717, 1.165) is 18.4 Å². The van der Waals surface area contributed by atoms with Crippen molar-refractivity contribution in [2.75, 3.05) is 6.54 Å². The fraction of sp³-hybridized carbons (Fsp3) is 0.250. The third kappa shape index (κ3) is 2.89. The van der Waals surface area contributed by atoms with E-state index in [1.165, 1.54) is 12.3 Å². The van der Waals surface area contributed by atoms with Crippen LogP contribution in [-0.4, -0.2) is 22.3 Å². The lowest BCUT2D eigenvalue weighted by Crippen LogP contribution is -2.31. The molecular weight excluding hydrogens is 323 g/mol. The first-order valence-electron chi connectivity index (χ1n) is 7.01. The van der Waals surface area contributed by atoms with Gasteiger partial charge >= 0.3 is 0 Å². The molecule has 114 valence electrons. The SMILES string of the molecule is O=C(c1cc[nH]c(=O)c1)N1CCC[C@H]1c1ccc(Cl)c(Cl)c1. The number of benzene rings is 1. The van der Waals surface area contributed by atoms with Gasteiger partial charge in [0.1, 0.15) is 0 Å². The minimum atomic E-state index is -0.281. The summed E-state index contributed by atoms with van der Waals surface area (Å²) in [6, 6.07) is 8.34. The summed E-state index contributed by atoms with van der Waals surface area (Å²) in [5.41, 5.74) is 1.08. The first kappa shape index (κ1) is 15.1. The van der Waals surface area contributed by atoms with Gasteiger partial charge in [0.15, 0.2) is 0 Å². The zero-order valence-corrected chi connectivity index (χ0v) is 13.2. The largest absolute Gasteiger partial charge is 0.332 e. The smallest absolute Gasteiger partial charge is 0.254 e. The molecule has 1 fully saturated rings. The molecule has 1 aliphatic heterocycles. The maximum absolute atomic E-state index is 12.6. The number of hydrogen-bond acceptors (Lipinski definition) is 2. The third-order valence-electron chi connectivity index (χ3n) is 3.86. The molecule has 2 aromatic rings. The molecule has 1 atom stereocenters. The maximum atomic E-state index is 12.6. The van der Waals surface area contributed by atoms with Crippen molar-refractivity contribution in [3.05, 3.63) is 68.1 Å². The van der Waals surface area contributed by atoms with Crippen molar-refractivity contribution in [2.24, 2.45) is 0 Å². The Bertz CT molecular complexity index is 773. The molecule has 0 unspecified atom stereocenters. The van der Waals surface area contributed by atoms with Crippen LogP contribution in [0.25, 0.3) is 0 Å². The molecular formula is C16H14Cl2N2O2. The fourth-order valence-electron chi connectivity index (χ4n) is 2.82. The molecule has 0 aliphatic carbocycles. The van der Waals surface area contributed by atoms with E-state index in [9.17, 15) is 9.59 Å². The van der Waals surface area contributed by atoms with Gasteiger partial charge in [0, 0.05) is 24.4 Å². The van der Waals surface area contributed by atoms with Gasteiger partial charge in [-0.1, -0.05) is 29.3 Å². The molecule has 1 aliphatic rings. The van der Waals surface area contributed by atoms with Crippen molar-refractivity contribution in [1.29, 1.82) is 0 Å². The van der Waals surface area contributed by atoms with Crippen molar-refractivity contribution >= 4 is 29.1 Å². The Balaban J connectivity index is 1.91. The lowest BCUT2D eigenvalue weighted by Gasteiger charge is -2.25. The quantitative estimate of drug-likeness (QED) is 0.909. The standard InChI is InChI=1S/C16H14Cl2N2O2/c17-12-4-3-10(8-13(12)18)14-2-1-7-20(14)16(22)11-5-6-19-15(21)9-11/h3-6,8-9,14H,1-2,7H2,(H,19,21)/t14-/m0/s1. The van der Waals surface area contributed by atoms with Crippen LogP contribution in [-0.2, 0) is 0 Å². The van der Waals surface area contributed by atoms with Gasteiger partial charge in [0.25, 0.3) is 5.91 Å². The fourth-order valence-corrected chi connectivity index (χ4v) is 3.13. The van der Waals surface area contributed by atoms with E-state index in [-0.39, 0.29) is 17.5 Å². The number of aromatic nitrogens is 1. The molecule has 1 aromatic heterocycles. The topological polar surface area (TPSA) is 53.2 Å². The first-order chi connectivity index (χ1) is 10.6. The van der Waals surface area contributed by atoms with E-state index >= 15 is 0 Å². The summed E-state index contributed by atoms with van der Waals surface area (Å²) >= 11 is 12.0. The lowest BCUT2D eigenvalue weighted by atomic mass is 10.0. The van der Waals surface area contributed by atoms with Crippen molar-refractivity contribution in [3.8, 4) is 0 Å². The monoisotopic (exact) mass is 336 g/mol. The molecule has 6 heteroatoms. The molecule has 22 heavy (non-hydrogen) atoms. The van der Waals surface area contributed by atoms with Gasteiger partial charge in [-0.3, -0.25) is 9.59 Å². The van der Waals surface area contributed by atoms with Gasteiger partial charge in [-0.15, -0.1) is 0 Å². The highest BCUT2D eigenvalue weighted by molar-refractivity contribution is 6.42. The predicted molar refractivity (Wildman–Crippen MR) is 86.5 cm³/mol. The number of rotatable bonds is 2. The van der Waals surface area contributed by atoms with Crippen LogP contribution >= 0.6 is 23.2 Å². The highest BCUT2D eigenvalue weighted by Gasteiger charge is 2.30. The number of pyridine rings is 1. The van der Waals surface area contributed by atoms with Crippen LogP contribution in [0.2, 0.25) is 10.0 Å². The second-order valence-corrected chi connectivity index (χ2v) is 6.09. The van der Waals surface area contributed by atoms with Crippen LogP contribution in [0.5, 0.6) is 0 Å². The van der Waals surface area contributed by atoms with Gasteiger partial charge in [-0.05, 0) is 36.6 Å². The number of amides is 1. The highest BCUT2D eigenvalue weighted by atomic mass is 35.5. The minimum Gasteiger partial charge on any atom is -0.332 e. The van der Waals surface area contributed by atoms with E-state index in [4.69, 9.17) is 23.2 Å². The minimum absolute atomic E-state index is 0.0402. The number of nitrogens with one attached hydrogen (secondary N) is 1. The Labute approximate surface area is 137 Å². The summed E-state index contributed by atoms with van der Waals surface area (Å²) < 4.78 is 0. The van der Waals surface area contributed by atoms with Gasteiger partial charge in [0.2, 0.25) is 5.56 Å². The van der Waals surface area contributed by atoms with E-state index in [1.54, 1.807) is 23.1 Å². The van der Waals surface area contributed by atoms with Gasteiger partial charge < -0.3 is 9.88 Å². The van der Waals surface area contributed by atoms with Crippen LogP contribution < -0.4 is 5.56 Å². The Morgan fingerprint density at radius 3 is 2.73 bits per heavy atom. The Kier molecular flexibility index (Phi) is 4.23. The molecule has 1 amide bonds. The summed E-state index contributed by atoms with van der Waals surface area (Å²) in [7, 11) is 0. The van der Waals surface area contributed by atoms with E-state index < -0.39 is 0 Å². The van der Waals surface area contributed by atoms with E-state index in [1.807, 2.05) is 6.07 Å². The number of halogens is 2. The van der Waals surface area contributed by atoms with Crippen molar-refractivity contribution < 1.29 is 4.79 Å². The molecule has 0 radical (unpaired) electrons. The Morgan fingerprint density at radius 1 is 1.18 bits per heavy atom. The van der Waals surface area contributed by atoms with E-state index in [0.29, 0.717) is 22.2 Å². The molecule has 4 nitrogen and oxygen atoms in total. The van der Waals surface area contributed by atoms with Crippen LogP contribution in [0.3, 0.4) is 0 Å². The number of hydrogen-bond donors (Lipinski definition) is 1. The Morgan fingerprint density at radius 2 is 2.00 bits per heavy atom. The Hall–Kier alpha value is -1.78. The average Bonchev–Trinajstić information content (AvgIpc) is 2.98. The molecule has 0 bridgehead atoms. The molecule has 3 rings (SSSR count). The number of carbonyl (C=O) groups is 1. The van der Waals surface area contributed by atoms with E-state index in [2.05, 4.69) is 4.98 Å². The lowest BCUT2D eigenvalue weighted by molar-refractivity contribution is 0.0735. The van der Waals surface area contributed by atoms with Gasteiger partial charge in [-0.2, -0.15) is 0 Å². The van der Waals surface area contributed by atoms with Gasteiger partial charge in [0.05, 0.1) is 16.1 Å². The molecule has 1 aromatic carbocycles. The third-order valence-corrected chi connectivity index (χ3v) is 4.60. The van der Waals surface area contributed by atoms with Gasteiger partial charge in [-0.25, -0.2) is 0 Å². The molecule has 1 saturated heterocycles. The van der Waals surface area contributed by atoms with Crippen LogP contribution in [0.15, 0.2) is 41.3 Å². The normalized spacial score (nSPS) is 17.7. The molecule has 1 N–H and O–H groups in total. The number of aromatic amines is 1. The second-order valence-electron chi connectivity index (χ2n) is 5.27. The first-order valence-corrected chi connectivity index (χ1v) is 7.76. The summed E-state index contributed by atoms with van der Waals surface area (Å²) in [6.45, 7) is 0.663. The number of H-pyrrole nitrogens is 1. The van der Waals surface area contributed by atoms with Crippen molar-refractivity contribution in [3.63, 3.8) is 0 Å². The molecule has 2 heterocycles. The highest BCUT2D eigenvalue weighted by Crippen LogP contribution is 2.35. The van der Waals surface area contributed by atoms with Crippen molar-refractivity contribution in [1.82, 2.24) is 9.88 Å². The number of carbonyl (C=O) groups excluding carboxylic acids is 1. The predicted octanol–water partition coefficient (Wildman–Crippen LogP) is 3.66. The summed E-state index contributed by atoms with van der Waals surface area (Å²) in [5, 5.41) is 0.977. The number of nitrogens with zero attached hydrogens (tertiary/aromatic N) is 1. The average molecular weight is 337 g/mol. The zero-order valence-electron chi connectivity index (χ0n) is 11.7. The van der Waals surface area contributed by atoms with Crippen LogP contribution in [0.4, 0.5) is 0 Å². The summed E-state index contributed by atoms with van der Waals surface area (Å²) in [6.07, 6.45) is 3.27. The van der Waals surface area contributed by atoms with Crippen LogP contribution in [0.1, 0.15) is 34.8 Å². The zero-order chi connectivity index (χ0) is 15.7. The summed E-state index contributed by atoms with van der Waals surface area (Å²) in [5.74, 6) is -0.139. The van der Waals surface area contributed by atoms with Crippen molar-refractivity contribution in [2.45, 2.75) is 18.9 Å². The second kappa shape index (κ2) is 6.15. The van der Waals surface area contributed by atoms with Crippen LogP contribution in [0, 0.1) is 0 Å². The summed E-state index contributed by atoms with van der Waals surface area (Å²) in [4.78, 5) is 28.3.